The minimum Gasteiger partial charge on any atom is -0.490 e. The van der Waals surface area contributed by atoms with Gasteiger partial charge in [-0.2, -0.15) is 0 Å². The van der Waals surface area contributed by atoms with Crippen LogP contribution in [0.5, 0.6) is 0 Å². The van der Waals surface area contributed by atoms with E-state index in [0.29, 0.717) is 6.10 Å². The molecule has 1 heterocycles. The van der Waals surface area contributed by atoms with Crippen molar-refractivity contribution in [2.75, 3.05) is 13.1 Å². The zero-order valence-corrected chi connectivity index (χ0v) is 8.41. The van der Waals surface area contributed by atoms with Crippen molar-refractivity contribution in [2.24, 2.45) is 5.73 Å². The molecular weight excluding hydrogens is 176 g/mol. The molecule has 1 saturated heterocycles. The molecule has 1 aliphatic rings. The number of nitrogens with two attached hydrogens (primary N) is 1. The third-order valence-electron chi connectivity index (χ3n) is 2.13. The van der Waals surface area contributed by atoms with E-state index in [9.17, 15) is 0 Å². The Morgan fingerprint density at radius 2 is 2.14 bits per heavy atom. The Bertz CT molecular complexity index is 227. The van der Waals surface area contributed by atoms with Gasteiger partial charge in [-0.15, -0.1) is 0 Å². The summed E-state index contributed by atoms with van der Waals surface area (Å²) in [7, 11) is 0. The predicted octanol–water partition coefficient (Wildman–Crippen LogP) is 1.30. The molecule has 0 amide bonds. The normalized spacial score (nSPS) is 19.9. The van der Waals surface area contributed by atoms with Gasteiger partial charge in [-0.05, 0) is 44.3 Å². The van der Waals surface area contributed by atoms with E-state index in [1.165, 1.54) is 6.20 Å². The van der Waals surface area contributed by atoms with Gasteiger partial charge >= 0.3 is 0 Å². The van der Waals surface area contributed by atoms with Crippen LogP contribution in [0.4, 0.5) is 0 Å². The lowest BCUT2D eigenvalue weighted by Gasteiger charge is -2.24. The quantitative estimate of drug-likeness (QED) is 0.524. The zero-order valence-electron chi connectivity index (χ0n) is 8.41. The van der Waals surface area contributed by atoms with Gasteiger partial charge in [-0.1, -0.05) is 12.7 Å². The van der Waals surface area contributed by atoms with Crippen molar-refractivity contribution >= 4 is 0 Å². The minimum atomic E-state index is 0.304. The number of hydrogen-bond acceptors (Lipinski definition) is 3. The Kier molecular flexibility index (Phi) is 4.86. The summed E-state index contributed by atoms with van der Waals surface area (Å²) in [5.41, 5.74) is 5.32. The maximum absolute atomic E-state index is 5.76. The highest BCUT2D eigenvalue weighted by Crippen LogP contribution is 2.13. The first-order chi connectivity index (χ1) is 6.86. The standard InChI is InChI=1S/C11H18N2O/c1-2-3-10(4-7-12)14-11-5-8-13-9-6-11/h2-4,7,11,13H,1,5-6,8-9,12H2/b7-4-,10-3+. The third kappa shape index (κ3) is 3.66. The van der Waals surface area contributed by atoms with E-state index in [-0.39, 0.29) is 0 Å². The van der Waals surface area contributed by atoms with Crippen LogP contribution in [-0.4, -0.2) is 19.2 Å². The van der Waals surface area contributed by atoms with Crippen LogP contribution in [-0.2, 0) is 4.74 Å². The molecule has 1 aliphatic heterocycles. The topological polar surface area (TPSA) is 47.3 Å². The number of hydrogen-bond donors (Lipinski definition) is 2. The van der Waals surface area contributed by atoms with Crippen molar-refractivity contribution in [2.45, 2.75) is 18.9 Å². The van der Waals surface area contributed by atoms with E-state index >= 15 is 0 Å². The molecule has 0 aromatic rings. The summed E-state index contributed by atoms with van der Waals surface area (Å²) in [6.45, 7) is 5.68. The van der Waals surface area contributed by atoms with E-state index in [1.54, 1.807) is 12.2 Å². The molecule has 0 aromatic heterocycles. The maximum Gasteiger partial charge on any atom is 0.121 e. The molecule has 1 rings (SSSR count). The highest BCUT2D eigenvalue weighted by Gasteiger charge is 2.14. The molecule has 14 heavy (non-hydrogen) atoms. The smallest absolute Gasteiger partial charge is 0.121 e. The van der Waals surface area contributed by atoms with E-state index in [0.717, 1.165) is 31.7 Å². The van der Waals surface area contributed by atoms with Crippen LogP contribution in [0.3, 0.4) is 0 Å². The molecule has 78 valence electrons. The van der Waals surface area contributed by atoms with Crippen LogP contribution in [0.25, 0.3) is 0 Å². The Labute approximate surface area is 85.3 Å². The highest BCUT2D eigenvalue weighted by atomic mass is 16.5. The Balaban J connectivity index is 2.45. The van der Waals surface area contributed by atoms with Crippen LogP contribution in [0.15, 0.2) is 36.8 Å². The monoisotopic (exact) mass is 194 g/mol. The summed E-state index contributed by atoms with van der Waals surface area (Å²) < 4.78 is 5.76. The Hall–Kier alpha value is -1.22. The molecule has 0 saturated carbocycles. The third-order valence-corrected chi connectivity index (χ3v) is 2.13. The molecule has 3 nitrogen and oxygen atoms in total. The number of allylic oxidation sites excluding steroid dienone is 3. The molecule has 0 unspecified atom stereocenters. The minimum absolute atomic E-state index is 0.304. The Morgan fingerprint density at radius 3 is 2.71 bits per heavy atom. The maximum atomic E-state index is 5.76. The summed E-state index contributed by atoms with van der Waals surface area (Å²) in [6, 6.07) is 0. The Morgan fingerprint density at radius 1 is 1.43 bits per heavy atom. The van der Waals surface area contributed by atoms with Gasteiger partial charge in [0, 0.05) is 0 Å². The number of ether oxygens (including phenoxy) is 1. The van der Waals surface area contributed by atoms with Crippen LogP contribution >= 0.6 is 0 Å². The number of piperidine rings is 1. The van der Waals surface area contributed by atoms with Gasteiger partial charge in [-0.3, -0.25) is 0 Å². The first-order valence-electron chi connectivity index (χ1n) is 4.95. The molecule has 0 bridgehead atoms. The molecule has 3 heteroatoms. The van der Waals surface area contributed by atoms with E-state index in [4.69, 9.17) is 10.5 Å². The number of rotatable bonds is 4. The van der Waals surface area contributed by atoms with Gasteiger partial charge < -0.3 is 15.8 Å². The number of nitrogens with one attached hydrogen (secondary N) is 1. The van der Waals surface area contributed by atoms with Gasteiger partial charge in [0.25, 0.3) is 0 Å². The summed E-state index contributed by atoms with van der Waals surface area (Å²) in [4.78, 5) is 0. The second-order valence-electron chi connectivity index (χ2n) is 3.23. The van der Waals surface area contributed by atoms with E-state index < -0.39 is 0 Å². The van der Waals surface area contributed by atoms with Crippen molar-refractivity contribution in [3.63, 3.8) is 0 Å². The molecular formula is C11H18N2O. The SMILES string of the molecule is C=C/C=C(\C=C/N)OC1CCNCC1. The second-order valence-corrected chi connectivity index (χ2v) is 3.23. The van der Waals surface area contributed by atoms with Crippen molar-refractivity contribution in [1.29, 1.82) is 0 Å². The fraction of sp³-hybridized carbons (Fsp3) is 0.455. The lowest BCUT2D eigenvalue weighted by atomic mass is 10.1. The zero-order chi connectivity index (χ0) is 10.2. The van der Waals surface area contributed by atoms with Crippen LogP contribution in [0.2, 0.25) is 0 Å². The van der Waals surface area contributed by atoms with Gasteiger partial charge in [0.05, 0.1) is 0 Å². The largest absolute Gasteiger partial charge is 0.490 e. The van der Waals surface area contributed by atoms with Crippen molar-refractivity contribution in [3.05, 3.63) is 36.8 Å². The second kappa shape index (κ2) is 6.27. The summed E-state index contributed by atoms with van der Waals surface area (Å²) in [5.74, 6) is 0.786. The molecule has 0 aliphatic carbocycles. The van der Waals surface area contributed by atoms with Crippen molar-refractivity contribution in [1.82, 2.24) is 5.32 Å². The van der Waals surface area contributed by atoms with Gasteiger partial charge in [0.2, 0.25) is 0 Å². The van der Waals surface area contributed by atoms with Crippen LogP contribution in [0.1, 0.15) is 12.8 Å². The molecule has 0 aromatic carbocycles. The van der Waals surface area contributed by atoms with Gasteiger partial charge in [0.15, 0.2) is 0 Å². The average molecular weight is 194 g/mol. The highest BCUT2D eigenvalue weighted by molar-refractivity contribution is 5.16. The van der Waals surface area contributed by atoms with Crippen molar-refractivity contribution in [3.8, 4) is 0 Å². The fourth-order valence-electron chi connectivity index (χ4n) is 1.45. The van der Waals surface area contributed by atoms with E-state index in [1.807, 2.05) is 6.08 Å². The molecule has 0 spiro atoms. The first kappa shape index (κ1) is 10.9. The van der Waals surface area contributed by atoms with Crippen LogP contribution in [0, 0.1) is 0 Å². The first-order valence-corrected chi connectivity index (χ1v) is 4.95. The summed E-state index contributed by atoms with van der Waals surface area (Å²) in [5, 5.41) is 3.29. The van der Waals surface area contributed by atoms with Crippen LogP contribution < -0.4 is 11.1 Å². The average Bonchev–Trinajstić information content (AvgIpc) is 2.20. The lowest BCUT2D eigenvalue weighted by molar-refractivity contribution is 0.0960. The van der Waals surface area contributed by atoms with Gasteiger partial charge in [-0.25, -0.2) is 0 Å². The van der Waals surface area contributed by atoms with Crippen molar-refractivity contribution < 1.29 is 4.74 Å². The summed E-state index contributed by atoms with van der Waals surface area (Å²) in [6.07, 6.45) is 9.17. The van der Waals surface area contributed by atoms with E-state index in [2.05, 4.69) is 11.9 Å². The fourth-order valence-corrected chi connectivity index (χ4v) is 1.45. The molecule has 0 radical (unpaired) electrons. The predicted molar refractivity (Wildman–Crippen MR) is 58.6 cm³/mol. The lowest BCUT2D eigenvalue weighted by Crippen LogP contribution is -2.32. The molecule has 1 fully saturated rings. The molecule has 3 N–H and O–H groups in total. The summed E-state index contributed by atoms with van der Waals surface area (Å²) >= 11 is 0. The van der Waals surface area contributed by atoms with Gasteiger partial charge in [0.1, 0.15) is 11.9 Å². The molecule has 0 atom stereocenters.